The van der Waals surface area contributed by atoms with Crippen LogP contribution in [0.15, 0.2) is 11.6 Å². The van der Waals surface area contributed by atoms with Crippen LogP contribution in [0.3, 0.4) is 0 Å². The zero-order chi connectivity index (χ0) is 13.5. The third kappa shape index (κ3) is 3.74. The van der Waals surface area contributed by atoms with Crippen LogP contribution in [-0.4, -0.2) is 41.0 Å². The van der Waals surface area contributed by atoms with E-state index in [1.54, 1.807) is 30.5 Å². The lowest BCUT2D eigenvalue weighted by molar-refractivity contribution is -0.142. The van der Waals surface area contributed by atoms with Gasteiger partial charge in [0.25, 0.3) is 11.8 Å². The zero-order valence-electron chi connectivity index (χ0n) is 11.1. The van der Waals surface area contributed by atoms with E-state index in [0.717, 1.165) is 6.42 Å². The Morgan fingerprint density at radius 3 is 2.83 bits per heavy atom. The molecule has 1 rings (SSSR count). The van der Waals surface area contributed by atoms with Crippen LogP contribution in [-0.2, 0) is 14.4 Å². The summed E-state index contributed by atoms with van der Waals surface area (Å²) in [6.45, 7) is 5.97. The fourth-order valence-electron chi connectivity index (χ4n) is 1.69. The number of hydrogen-bond donors (Lipinski definition) is 1. The third-order valence-electron chi connectivity index (χ3n) is 2.61. The number of allylic oxidation sites excluding steroid dienone is 1. The Balaban J connectivity index is 2.67. The SMILES string of the molecule is CCC=C(C)C(=O)N1CSCC1C(=O)NOCC. The number of carbonyl (C=O) groups is 2. The maximum atomic E-state index is 12.1. The second-order valence-electron chi connectivity index (χ2n) is 3.99. The summed E-state index contributed by atoms with van der Waals surface area (Å²) >= 11 is 1.58. The first kappa shape index (κ1) is 15.0. The summed E-state index contributed by atoms with van der Waals surface area (Å²) in [5.74, 6) is 0.847. The topological polar surface area (TPSA) is 58.6 Å². The molecule has 1 atom stereocenters. The molecule has 102 valence electrons. The lowest BCUT2D eigenvalue weighted by Gasteiger charge is -2.23. The van der Waals surface area contributed by atoms with Gasteiger partial charge in [-0.15, -0.1) is 11.8 Å². The number of carbonyl (C=O) groups excluding carboxylic acids is 2. The van der Waals surface area contributed by atoms with Crippen LogP contribution in [0, 0.1) is 0 Å². The van der Waals surface area contributed by atoms with Crippen molar-refractivity contribution >= 4 is 23.6 Å². The summed E-state index contributed by atoms with van der Waals surface area (Å²) < 4.78 is 0. The summed E-state index contributed by atoms with van der Waals surface area (Å²) in [7, 11) is 0. The fraction of sp³-hybridized carbons (Fsp3) is 0.667. The van der Waals surface area contributed by atoms with Gasteiger partial charge in [0.2, 0.25) is 0 Å². The van der Waals surface area contributed by atoms with Crippen molar-refractivity contribution in [1.29, 1.82) is 0 Å². The molecule has 2 amide bonds. The van der Waals surface area contributed by atoms with Gasteiger partial charge in [0, 0.05) is 11.3 Å². The predicted molar refractivity (Wildman–Crippen MR) is 71.8 cm³/mol. The summed E-state index contributed by atoms with van der Waals surface area (Å²) in [5, 5.41) is 0. The molecule has 1 N–H and O–H groups in total. The highest BCUT2D eigenvalue weighted by molar-refractivity contribution is 7.99. The van der Waals surface area contributed by atoms with Crippen LogP contribution in [0.4, 0.5) is 0 Å². The summed E-state index contributed by atoms with van der Waals surface area (Å²) in [6, 6.07) is -0.436. The molecule has 1 aliphatic rings. The standard InChI is InChI=1S/C12H20N2O3S/c1-4-6-9(3)12(16)14-8-18-7-10(14)11(15)13-17-5-2/h6,10H,4-5,7-8H2,1-3H3,(H,13,15). The van der Waals surface area contributed by atoms with Crippen LogP contribution in [0.1, 0.15) is 27.2 Å². The van der Waals surface area contributed by atoms with Gasteiger partial charge in [-0.3, -0.25) is 14.4 Å². The molecule has 0 aromatic rings. The van der Waals surface area contributed by atoms with Gasteiger partial charge >= 0.3 is 0 Å². The van der Waals surface area contributed by atoms with Crippen molar-refractivity contribution in [3.63, 3.8) is 0 Å². The van der Waals surface area contributed by atoms with E-state index in [0.29, 0.717) is 23.8 Å². The molecular weight excluding hydrogens is 252 g/mol. The van der Waals surface area contributed by atoms with E-state index < -0.39 is 6.04 Å². The molecule has 1 heterocycles. The Kier molecular flexibility index (Phi) is 6.21. The zero-order valence-corrected chi connectivity index (χ0v) is 11.9. The van der Waals surface area contributed by atoms with Gasteiger partial charge in [-0.25, -0.2) is 5.48 Å². The number of hydrogen-bond acceptors (Lipinski definition) is 4. The minimum Gasteiger partial charge on any atom is -0.317 e. The molecule has 0 aromatic carbocycles. The monoisotopic (exact) mass is 272 g/mol. The van der Waals surface area contributed by atoms with Crippen LogP contribution in [0.5, 0.6) is 0 Å². The second-order valence-corrected chi connectivity index (χ2v) is 4.99. The van der Waals surface area contributed by atoms with Gasteiger partial charge in [-0.05, 0) is 20.3 Å². The van der Waals surface area contributed by atoms with Gasteiger partial charge in [-0.2, -0.15) is 0 Å². The minimum atomic E-state index is -0.436. The van der Waals surface area contributed by atoms with Gasteiger partial charge in [0.15, 0.2) is 0 Å². The maximum absolute atomic E-state index is 12.1. The van der Waals surface area contributed by atoms with E-state index >= 15 is 0 Å². The Morgan fingerprint density at radius 1 is 1.50 bits per heavy atom. The number of amides is 2. The summed E-state index contributed by atoms with van der Waals surface area (Å²) in [4.78, 5) is 30.5. The molecule has 0 bridgehead atoms. The highest BCUT2D eigenvalue weighted by Gasteiger charge is 2.35. The molecule has 6 heteroatoms. The molecule has 1 saturated heterocycles. The molecular formula is C12H20N2O3S. The Morgan fingerprint density at radius 2 is 2.22 bits per heavy atom. The average Bonchev–Trinajstić information content (AvgIpc) is 2.84. The van der Waals surface area contributed by atoms with Crippen LogP contribution in [0.25, 0.3) is 0 Å². The quantitative estimate of drug-likeness (QED) is 0.605. The number of rotatable bonds is 5. The number of nitrogens with one attached hydrogen (secondary N) is 1. The van der Waals surface area contributed by atoms with E-state index in [4.69, 9.17) is 4.84 Å². The highest BCUT2D eigenvalue weighted by atomic mass is 32.2. The number of nitrogens with zero attached hydrogens (tertiary/aromatic N) is 1. The molecule has 0 radical (unpaired) electrons. The summed E-state index contributed by atoms with van der Waals surface area (Å²) in [6.07, 6.45) is 2.69. The second kappa shape index (κ2) is 7.43. The van der Waals surface area contributed by atoms with Crippen LogP contribution >= 0.6 is 11.8 Å². The molecule has 1 unspecified atom stereocenters. The largest absolute Gasteiger partial charge is 0.317 e. The van der Waals surface area contributed by atoms with E-state index in [-0.39, 0.29) is 11.8 Å². The van der Waals surface area contributed by atoms with E-state index in [1.807, 2.05) is 13.0 Å². The number of hydroxylamine groups is 1. The van der Waals surface area contributed by atoms with Gasteiger partial charge in [0.1, 0.15) is 6.04 Å². The van der Waals surface area contributed by atoms with E-state index in [2.05, 4.69) is 5.48 Å². The van der Waals surface area contributed by atoms with Crippen molar-refractivity contribution in [2.45, 2.75) is 33.2 Å². The van der Waals surface area contributed by atoms with Crippen molar-refractivity contribution in [3.8, 4) is 0 Å². The Hall–Kier alpha value is -1.01. The van der Waals surface area contributed by atoms with Crippen molar-refractivity contribution in [1.82, 2.24) is 10.4 Å². The van der Waals surface area contributed by atoms with Crippen molar-refractivity contribution < 1.29 is 14.4 Å². The molecule has 0 spiro atoms. The average molecular weight is 272 g/mol. The first-order chi connectivity index (χ1) is 8.61. The number of thioether (sulfide) groups is 1. The third-order valence-corrected chi connectivity index (χ3v) is 3.62. The Bertz CT molecular complexity index is 344. The van der Waals surface area contributed by atoms with Crippen molar-refractivity contribution in [2.75, 3.05) is 18.2 Å². The molecule has 1 aliphatic heterocycles. The minimum absolute atomic E-state index is 0.0708. The molecule has 0 aromatic heterocycles. The predicted octanol–water partition coefficient (Wildman–Crippen LogP) is 1.31. The van der Waals surface area contributed by atoms with Crippen molar-refractivity contribution in [2.24, 2.45) is 0 Å². The molecule has 0 saturated carbocycles. The first-order valence-corrected chi connectivity index (χ1v) is 7.24. The molecule has 18 heavy (non-hydrogen) atoms. The maximum Gasteiger partial charge on any atom is 0.267 e. The van der Waals surface area contributed by atoms with Crippen molar-refractivity contribution in [3.05, 3.63) is 11.6 Å². The van der Waals surface area contributed by atoms with Gasteiger partial charge < -0.3 is 4.90 Å². The van der Waals surface area contributed by atoms with Gasteiger partial charge in [0.05, 0.1) is 12.5 Å². The molecule has 1 fully saturated rings. The first-order valence-electron chi connectivity index (χ1n) is 6.08. The summed E-state index contributed by atoms with van der Waals surface area (Å²) in [5.41, 5.74) is 3.05. The molecule has 5 nitrogen and oxygen atoms in total. The van der Waals surface area contributed by atoms with E-state index in [1.165, 1.54) is 0 Å². The fourth-order valence-corrected chi connectivity index (χ4v) is 2.85. The van der Waals surface area contributed by atoms with Crippen LogP contribution in [0.2, 0.25) is 0 Å². The lowest BCUT2D eigenvalue weighted by atomic mass is 10.2. The highest BCUT2D eigenvalue weighted by Crippen LogP contribution is 2.23. The normalized spacial score (nSPS) is 20.1. The Labute approximate surface area is 112 Å². The van der Waals surface area contributed by atoms with Crippen LogP contribution < -0.4 is 5.48 Å². The molecule has 0 aliphatic carbocycles. The lowest BCUT2D eigenvalue weighted by Crippen LogP contribution is -2.47. The van der Waals surface area contributed by atoms with E-state index in [9.17, 15) is 9.59 Å². The smallest absolute Gasteiger partial charge is 0.267 e. The van der Waals surface area contributed by atoms with Gasteiger partial charge in [-0.1, -0.05) is 13.0 Å².